The summed E-state index contributed by atoms with van der Waals surface area (Å²) in [5.41, 5.74) is 5.59. The minimum atomic E-state index is -0.788. The molecule has 0 aromatic heterocycles. The fourth-order valence-electron chi connectivity index (χ4n) is 6.68. The van der Waals surface area contributed by atoms with Crippen molar-refractivity contribution in [1.82, 2.24) is 0 Å². The van der Waals surface area contributed by atoms with Crippen LogP contribution in [0.4, 0.5) is 0 Å². The van der Waals surface area contributed by atoms with Gasteiger partial charge >= 0.3 is 0 Å². The zero-order chi connectivity index (χ0) is 30.2. The molecular formula is C37H32O9. The number of rotatable bonds is 12. The third-order valence-corrected chi connectivity index (χ3v) is 9.36. The molecule has 4 saturated heterocycles. The van der Waals surface area contributed by atoms with Crippen LogP contribution in [0.1, 0.15) is 22.3 Å². The van der Waals surface area contributed by atoms with Crippen molar-refractivity contribution in [2.45, 2.75) is 29.8 Å². The van der Waals surface area contributed by atoms with E-state index < -0.39 is 5.41 Å². The van der Waals surface area contributed by atoms with Gasteiger partial charge in [-0.05, 0) is 82.9 Å². The fourth-order valence-corrected chi connectivity index (χ4v) is 6.68. The summed E-state index contributed by atoms with van der Waals surface area (Å²) in [6, 6.07) is 24.9. The van der Waals surface area contributed by atoms with Crippen molar-refractivity contribution in [2.75, 3.05) is 52.9 Å². The maximum absolute atomic E-state index is 6.66. The summed E-state index contributed by atoms with van der Waals surface area (Å²) >= 11 is 0. The molecule has 1 aliphatic carbocycles. The molecule has 5 aliphatic heterocycles. The highest BCUT2D eigenvalue weighted by molar-refractivity contribution is 5.89. The van der Waals surface area contributed by atoms with E-state index in [2.05, 4.69) is 36.4 Å². The largest absolute Gasteiger partial charge is 0.491 e. The molecule has 4 aromatic carbocycles. The quantitative estimate of drug-likeness (QED) is 0.170. The Morgan fingerprint density at radius 3 is 1.13 bits per heavy atom. The number of ether oxygens (including phenoxy) is 9. The molecule has 234 valence electrons. The normalized spacial score (nSPS) is 26.6. The first kappa shape index (κ1) is 26.9. The Hall–Kier alpha value is -4.28. The number of epoxide rings is 4. The summed E-state index contributed by atoms with van der Waals surface area (Å²) in [6.07, 6.45) is 0.555. The van der Waals surface area contributed by atoms with Crippen LogP contribution in [0.25, 0.3) is 11.1 Å². The second kappa shape index (κ2) is 10.4. The Morgan fingerprint density at radius 1 is 0.457 bits per heavy atom. The Balaban J connectivity index is 1.18. The van der Waals surface area contributed by atoms with Gasteiger partial charge in [0.1, 0.15) is 85.3 Å². The standard InChI is InChI=1S/C37H32O9/c1-5-29-30-6-2-22(39-14-26-18-43-26)10-32(30)37(31(29)9-21(1)38-13-25-17-42-25)33-11-23(40-15-27-19-44-27)3-7-35(33)46-36-8-4-24(12-34(36)37)41-16-28-20-45-28/h1-12,25-28H,13-20H2. The lowest BCUT2D eigenvalue weighted by Crippen LogP contribution is -2.32. The molecule has 4 aromatic rings. The highest BCUT2D eigenvalue weighted by Gasteiger charge is 2.52. The van der Waals surface area contributed by atoms with Gasteiger partial charge < -0.3 is 42.6 Å². The van der Waals surface area contributed by atoms with Crippen LogP contribution >= 0.6 is 0 Å². The summed E-state index contributed by atoms with van der Waals surface area (Å²) in [6.45, 7) is 4.94. The number of benzene rings is 4. The van der Waals surface area contributed by atoms with Gasteiger partial charge in [0.2, 0.25) is 0 Å². The topological polar surface area (TPSA) is 96.3 Å². The summed E-state index contributed by atoms with van der Waals surface area (Å²) < 4.78 is 53.5. The highest BCUT2D eigenvalue weighted by atomic mass is 16.6. The van der Waals surface area contributed by atoms with E-state index in [0.717, 1.165) is 94.3 Å². The summed E-state index contributed by atoms with van der Waals surface area (Å²) in [5, 5.41) is 0. The Kier molecular flexibility index (Phi) is 6.06. The maximum Gasteiger partial charge on any atom is 0.132 e. The van der Waals surface area contributed by atoms with Crippen LogP contribution in [-0.4, -0.2) is 77.3 Å². The van der Waals surface area contributed by atoms with Gasteiger partial charge in [-0.1, -0.05) is 12.1 Å². The molecule has 0 amide bonds. The number of hydrogen-bond acceptors (Lipinski definition) is 9. The van der Waals surface area contributed by atoms with Crippen LogP contribution < -0.4 is 23.7 Å². The van der Waals surface area contributed by atoms with Crippen LogP contribution in [0.15, 0.2) is 72.8 Å². The third-order valence-electron chi connectivity index (χ3n) is 9.36. The van der Waals surface area contributed by atoms with Crippen LogP contribution in [-0.2, 0) is 24.4 Å². The predicted molar refractivity (Wildman–Crippen MR) is 165 cm³/mol. The van der Waals surface area contributed by atoms with E-state index in [1.165, 1.54) is 0 Å². The van der Waals surface area contributed by atoms with E-state index in [4.69, 9.17) is 42.6 Å². The van der Waals surface area contributed by atoms with Crippen LogP contribution in [0, 0.1) is 0 Å². The fraction of sp³-hybridized carbons (Fsp3) is 0.351. The first-order chi connectivity index (χ1) is 22.7. The van der Waals surface area contributed by atoms with Crippen LogP contribution in [0.2, 0.25) is 0 Å². The van der Waals surface area contributed by atoms with E-state index in [0.29, 0.717) is 26.4 Å². The van der Waals surface area contributed by atoms with Gasteiger partial charge in [0.25, 0.3) is 0 Å². The molecule has 5 heterocycles. The van der Waals surface area contributed by atoms with Crippen molar-refractivity contribution in [1.29, 1.82) is 0 Å². The minimum Gasteiger partial charge on any atom is -0.491 e. The van der Waals surface area contributed by atoms with Gasteiger partial charge in [0.15, 0.2) is 0 Å². The first-order valence-corrected chi connectivity index (χ1v) is 15.9. The predicted octanol–water partition coefficient (Wildman–Crippen LogP) is 5.27. The second-order valence-corrected chi connectivity index (χ2v) is 12.6. The molecule has 4 atom stereocenters. The lowest BCUT2D eigenvalue weighted by Gasteiger charge is -2.39. The number of fused-ring (bicyclic) bond motifs is 9. The molecule has 10 rings (SSSR count). The van der Waals surface area contributed by atoms with Crippen molar-refractivity contribution >= 4 is 0 Å². The van der Waals surface area contributed by atoms with Crippen molar-refractivity contribution in [3.05, 3.63) is 95.1 Å². The molecule has 4 fully saturated rings. The Morgan fingerprint density at radius 2 is 0.783 bits per heavy atom. The third kappa shape index (κ3) is 4.77. The second-order valence-electron chi connectivity index (χ2n) is 12.6. The van der Waals surface area contributed by atoms with Crippen molar-refractivity contribution in [3.63, 3.8) is 0 Å². The van der Waals surface area contributed by atoms with E-state index in [1.54, 1.807) is 0 Å². The maximum atomic E-state index is 6.66. The zero-order valence-electron chi connectivity index (χ0n) is 25.1. The zero-order valence-corrected chi connectivity index (χ0v) is 25.1. The molecule has 0 N–H and O–H groups in total. The van der Waals surface area contributed by atoms with Crippen LogP contribution in [0.3, 0.4) is 0 Å². The van der Waals surface area contributed by atoms with E-state index in [9.17, 15) is 0 Å². The molecule has 0 radical (unpaired) electrons. The number of hydrogen-bond donors (Lipinski definition) is 0. The van der Waals surface area contributed by atoms with Crippen molar-refractivity contribution in [3.8, 4) is 45.6 Å². The van der Waals surface area contributed by atoms with Gasteiger partial charge in [-0.15, -0.1) is 0 Å². The monoisotopic (exact) mass is 620 g/mol. The summed E-state index contributed by atoms with van der Waals surface area (Å²) in [7, 11) is 0. The molecule has 1 spiro atoms. The first-order valence-electron chi connectivity index (χ1n) is 15.9. The molecule has 6 aliphatic rings. The highest BCUT2D eigenvalue weighted by Crippen LogP contribution is 2.63. The Labute approximate surface area is 265 Å². The Bertz CT molecular complexity index is 1700. The van der Waals surface area contributed by atoms with Gasteiger partial charge in [-0.25, -0.2) is 0 Å². The molecule has 0 saturated carbocycles. The summed E-state index contributed by atoms with van der Waals surface area (Å²) in [5.74, 6) is 4.61. The molecular weight excluding hydrogens is 588 g/mol. The average Bonchev–Trinajstić information content (AvgIpc) is 3.91. The minimum absolute atomic E-state index is 0.135. The van der Waals surface area contributed by atoms with Gasteiger partial charge in [0.05, 0.1) is 31.8 Å². The molecule has 4 unspecified atom stereocenters. The molecule has 9 heteroatoms. The molecule has 9 nitrogen and oxygen atoms in total. The van der Waals surface area contributed by atoms with E-state index in [1.807, 2.05) is 36.4 Å². The summed E-state index contributed by atoms with van der Waals surface area (Å²) in [4.78, 5) is 0. The van der Waals surface area contributed by atoms with E-state index in [-0.39, 0.29) is 24.4 Å². The van der Waals surface area contributed by atoms with Gasteiger partial charge in [-0.3, -0.25) is 0 Å². The SMILES string of the molecule is c1cc2c(cc1OCC1CO1)C1(c3cc(OCC4CO4)ccc3O2)c2cc(OCC3CO3)ccc2-c2ccc(OCC3CO3)cc21. The lowest BCUT2D eigenvalue weighted by atomic mass is 9.66. The lowest BCUT2D eigenvalue weighted by molar-refractivity contribution is 0.261. The molecule has 0 bridgehead atoms. The van der Waals surface area contributed by atoms with Gasteiger partial charge in [-0.2, -0.15) is 0 Å². The van der Waals surface area contributed by atoms with E-state index >= 15 is 0 Å². The van der Waals surface area contributed by atoms with Crippen LogP contribution in [0.5, 0.6) is 34.5 Å². The van der Waals surface area contributed by atoms with Gasteiger partial charge in [0, 0.05) is 11.1 Å². The smallest absolute Gasteiger partial charge is 0.132 e. The molecule has 46 heavy (non-hydrogen) atoms. The van der Waals surface area contributed by atoms with Crippen molar-refractivity contribution < 1.29 is 42.6 Å². The average molecular weight is 621 g/mol. The van der Waals surface area contributed by atoms with Crippen molar-refractivity contribution in [2.24, 2.45) is 0 Å².